The molecule has 0 saturated heterocycles. The molecule has 0 aliphatic heterocycles. The van der Waals surface area contributed by atoms with Crippen molar-refractivity contribution >= 4 is 15.9 Å². The van der Waals surface area contributed by atoms with Crippen LogP contribution in [-0.4, -0.2) is 31.8 Å². The molecule has 0 spiro atoms. The second-order valence-corrected chi connectivity index (χ2v) is 8.67. The van der Waals surface area contributed by atoms with E-state index in [1.54, 1.807) is 29.2 Å². The summed E-state index contributed by atoms with van der Waals surface area (Å²) < 4.78 is 27.5. The van der Waals surface area contributed by atoms with E-state index in [1.807, 2.05) is 19.1 Å². The first-order valence-electron chi connectivity index (χ1n) is 9.33. The largest absolute Gasteiger partial charge is 0.334 e. The Balaban J connectivity index is 1.80. The Hall–Kier alpha value is -2.69. The van der Waals surface area contributed by atoms with Crippen molar-refractivity contribution in [1.82, 2.24) is 9.62 Å². The van der Waals surface area contributed by atoms with Crippen molar-refractivity contribution < 1.29 is 13.2 Å². The molecular formula is C21H23N3O3S. The highest BCUT2D eigenvalue weighted by Gasteiger charge is 2.28. The number of nitriles is 1. The number of sulfonamides is 1. The monoisotopic (exact) mass is 397 g/mol. The number of nitrogens with zero attached hydrogens (tertiary/aromatic N) is 2. The van der Waals surface area contributed by atoms with Gasteiger partial charge in [0, 0.05) is 24.7 Å². The number of rotatable bonds is 8. The third-order valence-electron chi connectivity index (χ3n) is 4.53. The number of nitrogens with one attached hydrogen (secondary N) is 1. The van der Waals surface area contributed by atoms with Gasteiger partial charge in [0.25, 0.3) is 5.91 Å². The number of hydrogen-bond donors (Lipinski definition) is 1. The molecule has 0 atom stereocenters. The van der Waals surface area contributed by atoms with Gasteiger partial charge in [0.2, 0.25) is 10.0 Å². The summed E-state index contributed by atoms with van der Waals surface area (Å²) in [6, 6.07) is 15.4. The Morgan fingerprint density at radius 2 is 1.93 bits per heavy atom. The molecule has 0 heterocycles. The molecule has 1 aliphatic carbocycles. The minimum Gasteiger partial charge on any atom is -0.334 e. The first-order chi connectivity index (χ1) is 13.4. The molecule has 1 amide bonds. The molecule has 146 valence electrons. The SMILES string of the molecule is CCCN(Cc1ccc(C#N)cc1)C(=O)c1cccc(S(=O)(=O)NC2CC2)c1. The molecule has 0 aromatic heterocycles. The number of amides is 1. The number of carbonyl (C=O) groups excluding carboxylic acids is 1. The predicted octanol–water partition coefficient (Wildman–Crippen LogP) is 3.05. The van der Waals surface area contributed by atoms with Crippen LogP contribution in [0, 0.1) is 11.3 Å². The lowest BCUT2D eigenvalue weighted by atomic mass is 10.1. The van der Waals surface area contributed by atoms with E-state index in [0.717, 1.165) is 24.8 Å². The van der Waals surface area contributed by atoms with Crippen molar-refractivity contribution in [2.45, 2.75) is 43.7 Å². The van der Waals surface area contributed by atoms with Gasteiger partial charge in [-0.05, 0) is 55.2 Å². The zero-order valence-corrected chi connectivity index (χ0v) is 16.6. The average molecular weight is 398 g/mol. The van der Waals surface area contributed by atoms with Crippen molar-refractivity contribution in [3.05, 3.63) is 65.2 Å². The number of hydrogen-bond acceptors (Lipinski definition) is 4. The van der Waals surface area contributed by atoms with E-state index in [0.29, 0.717) is 24.2 Å². The van der Waals surface area contributed by atoms with Gasteiger partial charge in [-0.15, -0.1) is 0 Å². The maximum absolute atomic E-state index is 13.0. The Bertz CT molecular complexity index is 990. The first-order valence-corrected chi connectivity index (χ1v) is 10.8. The van der Waals surface area contributed by atoms with E-state index in [-0.39, 0.29) is 16.8 Å². The second-order valence-electron chi connectivity index (χ2n) is 6.96. The summed E-state index contributed by atoms with van der Waals surface area (Å²) >= 11 is 0. The van der Waals surface area contributed by atoms with Gasteiger partial charge in [0.15, 0.2) is 0 Å². The van der Waals surface area contributed by atoms with Crippen LogP contribution in [0.4, 0.5) is 0 Å². The Kier molecular flexibility index (Phi) is 6.12. The van der Waals surface area contributed by atoms with Crippen LogP contribution in [0.1, 0.15) is 47.7 Å². The quantitative estimate of drug-likeness (QED) is 0.741. The maximum atomic E-state index is 13.0. The number of carbonyl (C=O) groups is 1. The van der Waals surface area contributed by atoms with E-state index >= 15 is 0 Å². The lowest BCUT2D eigenvalue weighted by molar-refractivity contribution is 0.0743. The van der Waals surface area contributed by atoms with Crippen LogP contribution in [-0.2, 0) is 16.6 Å². The van der Waals surface area contributed by atoms with Crippen LogP contribution in [0.15, 0.2) is 53.4 Å². The van der Waals surface area contributed by atoms with Gasteiger partial charge in [-0.1, -0.05) is 25.1 Å². The second kappa shape index (κ2) is 8.55. The van der Waals surface area contributed by atoms with E-state index in [2.05, 4.69) is 10.8 Å². The van der Waals surface area contributed by atoms with Gasteiger partial charge in [-0.3, -0.25) is 4.79 Å². The Morgan fingerprint density at radius 1 is 1.21 bits per heavy atom. The molecule has 1 N–H and O–H groups in total. The van der Waals surface area contributed by atoms with Gasteiger partial charge >= 0.3 is 0 Å². The van der Waals surface area contributed by atoms with E-state index in [4.69, 9.17) is 5.26 Å². The van der Waals surface area contributed by atoms with Crippen LogP contribution < -0.4 is 4.72 Å². The van der Waals surface area contributed by atoms with Crippen molar-refractivity contribution in [3.63, 3.8) is 0 Å². The molecule has 1 aliphatic rings. The third-order valence-corrected chi connectivity index (χ3v) is 6.05. The molecule has 7 heteroatoms. The lowest BCUT2D eigenvalue weighted by Crippen LogP contribution is -2.31. The average Bonchev–Trinajstić information content (AvgIpc) is 3.51. The van der Waals surface area contributed by atoms with Crippen LogP contribution in [0.25, 0.3) is 0 Å². The Morgan fingerprint density at radius 3 is 2.54 bits per heavy atom. The van der Waals surface area contributed by atoms with Crippen LogP contribution in [0.5, 0.6) is 0 Å². The molecule has 1 saturated carbocycles. The standard InChI is InChI=1S/C21H23N3O3S/c1-2-12-24(15-17-8-6-16(14-22)7-9-17)21(25)18-4-3-5-20(13-18)28(26,27)23-19-10-11-19/h3-9,13,19,23H,2,10-12,15H2,1H3. The fraction of sp³-hybridized carbons (Fsp3) is 0.333. The molecular weight excluding hydrogens is 374 g/mol. The van der Waals surface area contributed by atoms with Crippen LogP contribution >= 0.6 is 0 Å². The summed E-state index contributed by atoms with van der Waals surface area (Å²) in [6.07, 6.45) is 2.49. The van der Waals surface area contributed by atoms with Crippen molar-refractivity contribution in [1.29, 1.82) is 5.26 Å². The summed E-state index contributed by atoms with van der Waals surface area (Å²) in [5.74, 6) is -0.213. The third kappa shape index (κ3) is 4.97. The summed E-state index contributed by atoms with van der Waals surface area (Å²) in [5, 5.41) is 8.91. The van der Waals surface area contributed by atoms with Gasteiger partial charge < -0.3 is 4.90 Å². The van der Waals surface area contributed by atoms with Gasteiger partial charge in [0.05, 0.1) is 16.5 Å². The molecule has 1 fully saturated rings. The minimum absolute atomic E-state index is 0.0114. The van der Waals surface area contributed by atoms with Gasteiger partial charge in [0.1, 0.15) is 0 Å². The van der Waals surface area contributed by atoms with Crippen molar-refractivity contribution in [2.24, 2.45) is 0 Å². The van der Waals surface area contributed by atoms with E-state index in [1.165, 1.54) is 12.1 Å². The molecule has 0 unspecified atom stereocenters. The molecule has 0 radical (unpaired) electrons. The fourth-order valence-electron chi connectivity index (χ4n) is 2.89. The van der Waals surface area contributed by atoms with Crippen molar-refractivity contribution in [3.8, 4) is 6.07 Å². The van der Waals surface area contributed by atoms with E-state index in [9.17, 15) is 13.2 Å². The van der Waals surface area contributed by atoms with Gasteiger partial charge in [-0.2, -0.15) is 5.26 Å². The molecule has 3 rings (SSSR count). The molecule has 28 heavy (non-hydrogen) atoms. The molecule has 0 bridgehead atoms. The maximum Gasteiger partial charge on any atom is 0.254 e. The van der Waals surface area contributed by atoms with Crippen LogP contribution in [0.2, 0.25) is 0 Å². The lowest BCUT2D eigenvalue weighted by Gasteiger charge is -2.22. The zero-order valence-electron chi connectivity index (χ0n) is 15.8. The van der Waals surface area contributed by atoms with E-state index < -0.39 is 10.0 Å². The summed E-state index contributed by atoms with van der Waals surface area (Å²) in [4.78, 5) is 14.8. The summed E-state index contributed by atoms with van der Waals surface area (Å²) in [7, 11) is -3.61. The molecule has 2 aromatic rings. The topological polar surface area (TPSA) is 90.3 Å². The van der Waals surface area contributed by atoms with Crippen molar-refractivity contribution in [2.75, 3.05) is 6.54 Å². The molecule has 6 nitrogen and oxygen atoms in total. The predicted molar refractivity (Wildman–Crippen MR) is 106 cm³/mol. The highest BCUT2D eigenvalue weighted by atomic mass is 32.2. The molecule has 2 aromatic carbocycles. The normalized spacial score (nSPS) is 13.7. The summed E-state index contributed by atoms with van der Waals surface area (Å²) in [5.41, 5.74) is 1.83. The summed E-state index contributed by atoms with van der Waals surface area (Å²) in [6.45, 7) is 2.94. The first kappa shape index (κ1) is 20.1. The smallest absolute Gasteiger partial charge is 0.254 e. The minimum atomic E-state index is -3.61. The van der Waals surface area contributed by atoms with Crippen LogP contribution in [0.3, 0.4) is 0 Å². The van der Waals surface area contributed by atoms with Gasteiger partial charge in [-0.25, -0.2) is 13.1 Å². The number of benzene rings is 2. The highest BCUT2D eigenvalue weighted by Crippen LogP contribution is 2.23. The highest BCUT2D eigenvalue weighted by molar-refractivity contribution is 7.89. The Labute approximate surface area is 165 Å². The zero-order chi connectivity index (χ0) is 20.1. The fourth-order valence-corrected chi connectivity index (χ4v) is 4.25.